The van der Waals surface area contributed by atoms with Crippen LogP contribution in [0.1, 0.15) is 33.1 Å². The lowest BCUT2D eigenvalue weighted by Crippen LogP contribution is -2.43. The fourth-order valence-corrected chi connectivity index (χ4v) is 2.82. The molecule has 1 saturated heterocycles. The molecular formula is C12H25NOS. The lowest BCUT2D eigenvalue weighted by molar-refractivity contribution is 0.0312. The van der Waals surface area contributed by atoms with Crippen molar-refractivity contribution in [3.63, 3.8) is 0 Å². The van der Waals surface area contributed by atoms with E-state index in [1.54, 1.807) is 0 Å². The second-order valence-electron chi connectivity index (χ2n) is 4.17. The molecule has 0 bridgehead atoms. The molecule has 1 rings (SSSR count). The third-order valence-electron chi connectivity index (χ3n) is 2.97. The highest BCUT2D eigenvalue weighted by atomic mass is 32.2. The van der Waals surface area contributed by atoms with Gasteiger partial charge in [-0.15, -0.1) is 0 Å². The zero-order chi connectivity index (χ0) is 10.9. The lowest BCUT2D eigenvalue weighted by Gasteiger charge is -2.32. The first-order chi connectivity index (χ1) is 7.38. The molecule has 1 heterocycles. The van der Waals surface area contributed by atoms with Crippen LogP contribution in [0.25, 0.3) is 0 Å². The van der Waals surface area contributed by atoms with E-state index in [4.69, 9.17) is 4.74 Å². The molecule has 0 aliphatic carbocycles. The smallest absolute Gasteiger partial charge is 0.0509 e. The molecule has 0 aromatic rings. The summed E-state index contributed by atoms with van der Waals surface area (Å²) in [5.74, 6) is 3.26. The fraction of sp³-hybridized carbons (Fsp3) is 1.00. The zero-order valence-corrected chi connectivity index (χ0v) is 10.9. The maximum absolute atomic E-state index is 5.57. The molecule has 2 unspecified atom stereocenters. The van der Waals surface area contributed by atoms with Crippen molar-refractivity contribution < 1.29 is 4.74 Å². The molecule has 0 saturated carbocycles. The van der Waals surface area contributed by atoms with E-state index in [1.807, 2.05) is 11.8 Å². The molecule has 0 aromatic carbocycles. The van der Waals surface area contributed by atoms with Gasteiger partial charge in [0.2, 0.25) is 0 Å². The van der Waals surface area contributed by atoms with E-state index in [1.165, 1.54) is 30.8 Å². The van der Waals surface area contributed by atoms with E-state index >= 15 is 0 Å². The van der Waals surface area contributed by atoms with Gasteiger partial charge in [0.15, 0.2) is 0 Å². The molecule has 0 aromatic heterocycles. The Balaban J connectivity index is 2.22. The first kappa shape index (κ1) is 13.3. The van der Waals surface area contributed by atoms with Crippen molar-refractivity contribution in [2.75, 3.05) is 31.3 Å². The monoisotopic (exact) mass is 231 g/mol. The van der Waals surface area contributed by atoms with E-state index in [2.05, 4.69) is 19.2 Å². The van der Waals surface area contributed by atoms with E-state index in [9.17, 15) is 0 Å². The Morgan fingerprint density at radius 2 is 2.27 bits per heavy atom. The van der Waals surface area contributed by atoms with Gasteiger partial charge in [-0.05, 0) is 43.2 Å². The predicted molar refractivity (Wildman–Crippen MR) is 68.6 cm³/mol. The molecule has 2 atom stereocenters. The third-order valence-corrected chi connectivity index (χ3v) is 3.90. The van der Waals surface area contributed by atoms with E-state index in [0.29, 0.717) is 6.04 Å². The van der Waals surface area contributed by atoms with Crippen molar-refractivity contribution in [1.29, 1.82) is 0 Å². The van der Waals surface area contributed by atoms with Gasteiger partial charge in [-0.3, -0.25) is 0 Å². The highest BCUT2D eigenvalue weighted by Gasteiger charge is 2.24. The van der Waals surface area contributed by atoms with Crippen molar-refractivity contribution in [2.45, 2.75) is 39.2 Å². The molecule has 15 heavy (non-hydrogen) atoms. The summed E-state index contributed by atoms with van der Waals surface area (Å²) in [4.78, 5) is 0. The third kappa shape index (κ3) is 5.23. The maximum atomic E-state index is 5.57. The number of hydrogen-bond donors (Lipinski definition) is 1. The van der Waals surface area contributed by atoms with Crippen LogP contribution in [0.15, 0.2) is 0 Å². The Bertz CT molecular complexity index is 155. The standard InChI is InChI=1S/C12H25NOS/c1-3-7-13-12-5-8-14-10-11(12)6-9-15-4-2/h11-13H,3-10H2,1-2H3. The normalized spacial score (nSPS) is 26.8. The van der Waals surface area contributed by atoms with E-state index in [-0.39, 0.29) is 0 Å². The van der Waals surface area contributed by atoms with Gasteiger partial charge in [-0.25, -0.2) is 0 Å². The van der Waals surface area contributed by atoms with Crippen molar-refractivity contribution >= 4 is 11.8 Å². The zero-order valence-electron chi connectivity index (χ0n) is 10.1. The van der Waals surface area contributed by atoms with Gasteiger partial charge in [0.1, 0.15) is 0 Å². The van der Waals surface area contributed by atoms with Gasteiger partial charge in [0.25, 0.3) is 0 Å². The van der Waals surface area contributed by atoms with Gasteiger partial charge in [0.05, 0.1) is 6.61 Å². The number of hydrogen-bond acceptors (Lipinski definition) is 3. The fourth-order valence-electron chi connectivity index (χ4n) is 2.06. The second-order valence-corrected chi connectivity index (χ2v) is 5.56. The summed E-state index contributed by atoms with van der Waals surface area (Å²) in [6.45, 7) is 7.52. The number of nitrogens with one attached hydrogen (secondary N) is 1. The second kappa shape index (κ2) is 8.43. The molecule has 0 amide bonds. The largest absolute Gasteiger partial charge is 0.381 e. The molecule has 1 aliphatic heterocycles. The molecule has 2 nitrogen and oxygen atoms in total. The number of ether oxygens (including phenoxy) is 1. The average molecular weight is 231 g/mol. The Labute approximate surface area is 98.5 Å². The van der Waals surface area contributed by atoms with Crippen LogP contribution < -0.4 is 5.32 Å². The van der Waals surface area contributed by atoms with Crippen molar-refractivity contribution in [2.24, 2.45) is 5.92 Å². The number of rotatable bonds is 7. The van der Waals surface area contributed by atoms with Crippen LogP contribution in [0.3, 0.4) is 0 Å². The van der Waals surface area contributed by atoms with Crippen molar-refractivity contribution in [1.82, 2.24) is 5.32 Å². The molecule has 90 valence electrons. The lowest BCUT2D eigenvalue weighted by atomic mass is 9.93. The highest BCUT2D eigenvalue weighted by molar-refractivity contribution is 7.99. The summed E-state index contributed by atoms with van der Waals surface area (Å²) >= 11 is 2.04. The van der Waals surface area contributed by atoms with Crippen molar-refractivity contribution in [3.05, 3.63) is 0 Å². The Morgan fingerprint density at radius 3 is 3.00 bits per heavy atom. The Morgan fingerprint density at radius 1 is 1.40 bits per heavy atom. The molecular weight excluding hydrogens is 206 g/mol. The average Bonchev–Trinajstić information content (AvgIpc) is 2.28. The first-order valence-corrected chi connectivity index (χ1v) is 7.42. The molecule has 0 radical (unpaired) electrons. The molecule has 1 fully saturated rings. The summed E-state index contributed by atoms with van der Waals surface area (Å²) in [7, 11) is 0. The predicted octanol–water partition coefficient (Wildman–Crippen LogP) is 2.53. The van der Waals surface area contributed by atoms with Crippen LogP contribution >= 0.6 is 11.8 Å². The minimum Gasteiger partial charge on any atom is -0.381 e. The molecule has 1 aliphatic rings. The Kier molecular flexibility index (Phi) is 7.49. The van der Waals surface area contributed by atoms with E-state index < -0.39 is 0 Å². The summed E-state index contributed by atoms with van der Waals surface area (Å²) in [6.07, 6.45) is 3.73. The van der Waals surface area contributed by atoms with Gasteiger partial charge in [0, 0.05) is 12.6 Å². The highest BCUT2D eigenvalue weighted by Crippen LogP contribution is 2.20. The van der Waals surface area contributed by atoms with Gasteiger partial charge in [-0.1, -0.05) is 13.8 Å². The topological polar surface area (TPSA) is 21.3 Å². The first-order valence-electron chi connectivity index (χ1n) is 6.27. The van der Waals surface area contributed by atoms with Crippen LogP contribution in [0.2, 0.25) is 0 Å². The van der Waals surface area contributed by atoms with E-state index in [0.717, 1.165) is 25.7 Å². The van der Waals surface area contributed by atoms with Crippen LogP contribution in [-0.4, -0.2) is 37.3 Å². The van der Waals surface area contributed by atoms with Crippen LogP contribution in [0.4, 0.5) is 0 Å². The van der Waals surface area contributed by atoms with Crippen LogP contribution in [-0.2, 0) is 4.74 Å². The summed E-state index contributed by atoms with van der Waals surface area (Å²) < 4.78 is 5.57. The minimum atomic E-state index is 0.705. The molecule has 0 spiro atoms. The maximum Gasteiger partial charge on any atom is 0.0509 e. The summed E-state index contributed by atoms with van der Waals surface area (Å²) in [6, 6.07) is 0.705. The summed E-state index contributed by atoms with van der Waals surface area (Å²) in [5.41, 5.74) is 0. The van der Waals surface area contributed by atoms with Crippen LogP contribution in [0.5, 0.6) is 0 Å². The Hall–Kier alpha value is 0.270. The molecule has 1 N–H and O–H groups in total. The minimum absolute atomic E-state index is 0.705. The van der Waals surface area contributed by atoms with Crippen LogP contribution in [0, 0.1) is 5.92 Å². The summed E-state index contributed by atoms with van der Waals surface area (Å²) in [5, 5.41) is 3.66. The number of thioether (sulfide) groups is 1. The van der Waals surface area contributed by atoms with Crippen molar-refractivity contribution in [3.8, 4) is 0 Å². The van der Waals surface area contributed by atoms with Gasteiger partial charge < -0.3 is 10.1 Å². The SMILES string of the molecule is CCCNC1CCOCC1CCSCC. The quantitative estimate of drug-likeness (QED) is 0.680. The molecule has 3 heteroatoms. The van der Waals surface area contributed by atoms with Gasteiger partial charge >= 0.3 is 0 Å². The van der Waals surface area contributed by atoms with Gasteiger partial charge in [-0.2, -0.15) is 11.8 Å².